The first-order valence-corrected chi connectivity index (χ1v) is 9.70. The summed E-state index contributed by atoms with van der Waals surface area (Å²) < 4.78 is 18.8. The largest absolute Gasteiger partial charge is 0.484 e. The number of nitrogens with zero attached hydrogens (tertiary/aromatic N) is 2. The Labute approximate surface area is 163 Å². The van der Waals surface area contributed by atoms with Crippen molar-refractivity contribution in [2.45, 2.75) is 31.7 Å². The number of likely N-dealkylation sites (tertiary alicyclic amines) is 1. The van der Waals surface area contributed by atoms with Gasteiger partial charge in [0.2, 0.25) is 5.91 Å². The van der Waals surface area contributed by atoms with Crippen LogP contribution in [0.3, 0.4) is 0 Å². The molecule has 28 heavy (non-hydrogen) atoms. The molecule has 2 aliphatic heterocycles. The molecule has 0 spiro atoms. The minimum atomic E-state index is -0.276. The number of carbonyl (C=O) groups excluding carboxylic acids is 2. The summed E-state index contributed by atoms with van der Waals surface area (Å²) in [5.41, 5.74) is 1.81. The highest BCUT2D eigenvalue weighted by Crippen LogP contribution is 2.32. The van der Waals surface area contributed by atoms with Crippen molar-refractivity contribution in [3.05, 3.63) is 59.9 Å². The van der Waals surface area contributed by atoms with Crippen molar-refractivity contribution in [2.24, 2.45) is 0 Å². The van der Waals surface area contributed by atoms with Gasteiger partial charge in [0, 0.05) is 25.2 Å². The fourth-order valence-corrected chi connectivity index (χ4v) is 3.97. The van der Waals surface area contributed by atoms with Crippen molar-refractivity contribution in [1.82, 2.24) is 4.90 Å². The lowest BCUT2D eigenvalue weighted by atomic mass is 10.0. The van der Waals surface area contributed by atoms with Crippen LogP contribution in [-0.2, 0) is 9.59 Å². The molecule has 0 aliphatic carbocycles. The fraction of sp³-hybridized carbons (Fsp3) is 0.364. The van der Waals surface area contributed by atoms with E-state index in [0.29, 0.717) is 18.7 Å². The maximum Gasteiger partial charge on any atom is 0.261 e. The molecule has 0 radical (unpaired) electrons. The molecular weight excluding hydrogens is 359 g/mol. The van der Waals surface area contributed by atoms with E-state index in [1.165, 1.54) is 12.1 Å². The number of amides is 2. The van der Waals surface area contributed by atoms with Gasteiger partial charge < -0.3 is 14.5 Å². The average Bonchev–Trinajstić information content (AvgIpc) is 3.36. The van der Waals surface area contributed by atoms with E-state index < -0.39 is 0 Å². The van der Waals surface area contributed by atoms with Gasteiger partial charge in [0.05, 0.1) is 6.04 Å². The van der Waals surface area contributed by atoms with Crippen molar-refractivity contribution < 1.29 is 18.7 Å². The zero-order valence-corrected chi connectivity index (χ0v) is 15.6. The van der Waals surface area contributed by atoms with Gasteiger partial charge in [0.15, 0.2) is 6.61 Å². The van der Waals surface area contributed by atoms with Crippen LogP contribution in [0.2, 0.25) is 0 Å². The molecule has 2 aromatic rings. The summed E-state index contributed by atoms with van der Waals surface area (Å²) in [4.78, 5) is 28.1. The monoisotopic (exact) mass is 382 g/mol. The summed E-state index contributed by atoms with van der Waals surface area (Å²) in [5.74, 6) is 0.388. The number of ether oxygens (including phenoxy) is 1. The zero-order chi connectivity index (χ0) is 19.5. The molecule has 4 rings (SSSR count). The molecule has 2 amide bonds. The van der Waals surface area contributed by atoms with E-state index in [2.05, 4.69) is 0 Å². The van der Waals surface area contributed by atoms with E-state index in [1.54, 1.807) is 29.2 Å². The first-order valence-electron chi connectivity index (χ1n) is 9.70. The van der Waals surface area contributed by atoms with Crippen LogP contribution in [0, 0.1) is 5.82 Å². The maximum absolute atomic E-state index is 13.2. The predicted octanol–water partition coefficient (Wildman–Crippen LogP) is 3.70. The van der Waals surface area contributed by atoms with Crippen molar-refractivity contribution in [3.8, 4) is 5.75 Å². The zero-order valence-electron chi connectivity index (χ0n) is 15.6. The minimum absolute atomic E-state index is 0.0275. The van der Waals surface area contributed by atoms with E-state index in [0.717, 1.165) is 37.1 Å². The lowest BCUT2D eigenvalue weighted by Gasteiger charge is -2.25. The molecule has 1 atom stereocenters. The second-order valence-electron chi connectivity index (χ2n) is 7.23. The molecule has 2 fully saturated rings. The first-order chi connectivity index (χ1) is 13.6. The number of rotatable bonds is 5. The molecule has 1 unspecified atom stereocenters. The molecule has 2 saturated heterocycles. The predicted molar refractivity (Wildman–Crippen MR) is 104 cm³/mol. The Bertz CT molecular complexity index is 851. The molecule has 6 heteroatoms. The molecule has 0 saturated carbocycles. The van der Waals surface area contributed by atoms with E-state index in [4.69, 9.17) is 4.74 Å². The Kier molecular flexibility index (Phi) is 5.28. The third kappa shape index (κ3) is 3.86. The molecule has 5 nitrogen and oxygen atoms in total. The van der Waals surface area contributed by atoms with Crippen LogP contribution in [0.4, 0.5) is 10.1 Å². The smallest absolute Gasteiger partial charge is 0.261 e. The van der Waals surface area contributed by atoms with Gasteiger partial charge in [-0.25, -0.2) is 4.39 Å². The van der Waals surface area contributed by atoms with E-state index in [9.17, 15) is 14.0 Å². The number of carbonyl (C=O) groups is 2. The maximum atomic E-state index is 13.2. The third-order valence-corrected chi connectivity index (χ3v) is 5.41. The normalized spacial score (nSPS) is 19.3. The summed E-state index contributed by atoms with van der Waals surface area (Å²) in [6.07, 6.45) is 3.27. The lowest BCUT2D eigenvalue weighted by Crippen LogP contribution is -2.34. The Morgan fingerprint density at radius 2 is 1.79 bits per heavy atom. The number of hydrogen-bond donors (Lipinski definition) is 0. The van der Waals surface area contributed by atoms with Crippen LogP contribution in [0.15, 0.2) is 48.5 Å². The second-order valence-corrected chi connectivity index (χ2v) is 7.23. The van der Waals surface area contributed by atoms with Gasteiger partial charge in [0.1, 0.15) is 11.6 Å². The second kappa shape index (κ2) is 8.00. The Hall–Kier alpha value is -2.89. The van der Waals surface area contributed by atoms with E-state index in [-0.39, 0.29) is 30.3 Å². The van der Waals surface area contributed by atoms with Gasteiger partial charge in [-0.05, 0) is 61.2 Å². The van der Waals surface area contributed by atoms with Crippen LogP contribution in [0.25, 0.3) is 0 Å². The van der Waals surface area contributed by atoms with Gasteiger partial charge >= 0.3 is 0 Å². The highest BCUT2D eigenvalue weighted by Gasteiger charge is 2.30. The van der Waals surface area contributed by atoms with Crippen molar-refractivity contribution >= 4 is 17.5 Å². The average molecular weight is 382 g/mol. The summed E-state index contributed by atoms with van der Waals surface area (Å²) >= 11 is 0. The van der Waals surface area contributed by atoms with Gasteiger partial charge in [-0.1, -0.05) is 12.1 Å². The lowest BCUT2D eigenvalue weighted by molar-refractivity contribution is -0.134. The van der Waals surface area contributed by atoms with Crippen LogP contribution >= 0.6 is 0 Å². The third-order valence-electron chi connectivity index (χ3n) is 5.41. The van der Waals surface area contributed by atoms with Gasteiger partial charge in [-0.3, -0.25) is 9.59 Å². The highest BCUT2D eigenvalue weighted by atomic mass is 19.1. The molecule has 2 aliphatic rings. The number of benzene rings is 2. The van der Waals surface area contributed by atoms with Crippen LogP contribution < -0.4 is 9.64 Å². The summed E-state index contributed by atoms with van der Waals surface area (Å²) in [5, 5.41) is 0. The molecule has 2 heterocycles. The summed E-state index contributed by atoms with van der Waals surface area (Å²) in [6, 6.07) is 13.6. The van der Waals surface area contributed by atoms with Crippen molar-refractivity contribution in [2.75, 3.05) is 24.6 Å². The Balaban J connectivity index is 1.36. The Morgan fingerprint density at radius 1 is 1.04 bits per heavy atom. The van der Waals surface area contributed by atoms with Crippen LogP contribution in [-0.4, -0.2) is 36.4 Å². The molecule has 0 bridgehead atoms. The minimum Gasteiger partial charge on any atom is -0.484 e. The summed E-state index contributed by atoms with van der Waals surface area (Å²) in [6.45, 7) is 1.39. The number of hydrogen-bond acceptors (Lipinski definition) is 3. The van der Waals surface area contributed by atoms with Crippen molar-refractivity contribution in [1.29, 1.82) is 0 Å². The Morgan fingerprint density at radius 3 is 2.46 bits per heavy atom. The van der Waals surface area contributed by atoms with Crippen LogP contribution in [0.1, 0.15) is 37.3 Å². The van der Waals surface area contributed by atoms with E-state index >= 15 is 0 Å². The highest BCUT2D eigenvalue weighted by molar-refractivity contribution is 5.95. The van der Waals surface area contributed by atoms with Gasteiger partial charge in [0.25, 0.3) is 5.91 Å². The molecule has 2 aromatic carbocycles. The van der Waals surface area contributed by atoms with E-state index in [1.807, 2.05) is 17.0 Å². The fourth-order valence-electron chi connectivity index (χ4n) is 3.97. The SMILES string of the molecule is O=C1CCCN1c1ccc(OCC(=O)N2CCCC2c2ccc(F)cc2)cc1. The number of halogens is 1. The van der Waals surface area contributed by atoms with Gasteiger partial charge in [-0.2, -0.15) is 0 Å². The van der Waals surface area contributed by atoms with Crippen LogP contribution in [0.5, 0.6) is 5.75 Å². The van der Waals surface area contributed by atoms with Crippen molar-refractivity contribution in [3.63, 3.8) is 0 Å². The van der Waals surface area contributed by atoms with Gasteiger partial charge in [-0.15, -0.1) is 0 Å². The summed E-state index contributed by atoms with van der Waals surface area (Å²) in [7, 11) is 0. The molecular formula is C22H23FN2O3. The molecule has 0 N–H and O–H groups in total. The topological polar surface area (TPSA) is 49.9 Å². The molecule has 0 aromatic heterocycles. The molecule has 146 valence electrons. The number of anilines is 1. The first kappa shape index (κ1) is 18.5. The standard InChI is InChI=1S/C22H23FN2O3/c23-17-7-5-16(6-8-17)20-3-1-14-25(20)22(27)15-28-19-11-9-18(10-12-19)24-13-2-4-21(24)26/h5-12,20H,1-4,13-15H2. The quantitative estimate of drug-likeness (QED) is 0.792.